The lowest BCUT2D eigenvalue weighted by molar-refractivity contribution is 0.0597. The molecule has 2 aromatic rings. The number of sulfone groups is 1. The van der Waals surface area contributed by atoms with E-state index in [1.165, 1.54) is 19.4 Å². The molecule has 2 aliphatic rings. The van der Waals surface area contributed by atoms with Crippen molar-refractivity contribution < 1.29 is 27.5 Å². The molecule has 0 radical (unpaired) electrons. The number of benzene rings is 1. The van der Waals surface area contributed by atoms with Crippen molar-refractivity contribution in [1.82, 2.24) is 15.2 Å². The fourth-order valence-electron chi connectivity index (χ4n) is 4.36. The Bertz CT molecular complexity index is 1210. The number of anilines is 1. The van der Waals surface area contributed by atoms with Gasteiger partial charge in [0.1, 0.15) is 15.7 Å². The Kier molecular flexibility index (Phi) is 6.76. The Hall–Kier alpha value is -3.18. The number of rotatable bonds is 8. The van der Waals surface area contributed by atoms with Gasteiger partial charge in [-0.3, -0.25) is 14.5 Å². The molecule has 34 heavy (non-hydrogen) atoms. The molecule has 1 aromatic carbocycles. The summed E-state index contributed by atoms with van der Waals surface area (Å²) in [5, 5.41) is 3.25. The van der Waals surface area contributed by atoms with Gasteiger partial charge in [0.2, 0.25) is 0 Å². The highest BCUT2D eigenvalue weighted by Crippen LogP contribution is 2.38. The van der Waals surface area contributed by atoms with E-state index in [2.05, 4.69) is 10.3 Å². The van der Waals surface area contributed by atoms with Gasteiger partial charge < -0.3 is 19.7 Å². The summed E-state index contributed by atoms with van der Waals surface area (Å²) in [5.41, 5.74) is 0.901. The largest absolute Gasteiger partial charge is 0.493 e. The van der Waals surface area contributed by atoms with Gasteiger partial charge >= 0.3 is 0 Å². The molecule has 0 spiro atoms. The third kappa shape index (κ3) is 4.58. The zero-order valence-corrected chi connectivity index (χ0v) is 20.2. The summed E-state index contributed by atoms with van der Waals surface area (Å²) in [5.74, 6) is -0.197. The predicted molar refractivity (Wildman–Crippen MR) is 126 cm³/mol. The third-order valence-corrected chi connectivity index (χ3v) is 6.80. The second-order valence-electron chi connectivity index (χ2n) is 8.23. The number of nitrogens with one attached hydrogen (secondary N) is 1. The average Bonchev–Trinajstić information content (AvgIpc) is 3.08. The molecule has 4 rings (SSSR count). The van der Waals surface area contributed by atoms with Crippen LogP contribution in [0.25, 0.3) is 0 Å². The molecule has 0 saturated carbocycles. The summed E-state index contributed by atoms with van der Waals surface area (Å²) < 4.78 is 35.7. The number of aromatic nitrogens is 1. The number of imide groups is 1. The summed E-state index contributed by atoms with van der Waals surface area (Å²) in [4.78, 5) is 34.6. The maximum atomic E-state index is 13.7. The van der Waals surface area contributed by atoms with E-state index in [1.54, 1.807) is 18.2 Å². The van der Waals surface area contributed by atoms with E-state index in [1.807, 2.05) is 11.8 Å². The fourth-order valence-corrected chi connectivity index (χ4v) is 5.27. The van der Waals surface area contributed by atoms with Gasteiger partial charge in [-0.1, -0.05) is 6.07 Å². The highest BCUT2D eigenvalue weighted by molar-refractivity contribution is 7.90. The van der Waals surface area contributed by atoms with Crippen molar-refractivity contribution in [3.05, 3.63) is 47.2 Å². The molecule has 11 heteroatoms. The quantitative estimate of drug-likeness (QED) is 0.548. The smallest absolute Gasteiger partial charge is 0.265 e. The van der Waals surface area contributed by atoms with Gasteiger partial charge in [-0.15, -0.1) is 0 Å². The number of methoxy groups -OCH3 is 1. The minimum absolute atomic E-state index is 0.214. The molecular weight excluding hydrogens is 460 g/mol. The van der Waals surface area contributed by atoms with Crippen molar-refractivity contribution in [1.29, 1.82) is 0 Å². The first kappa shape index (κ1) is 24.0. The first-order valence-electron chi connectivity index (χ1n) is 11.1. The maximum absolute atomic E-state index is 13.7. The Balaban J connectivity index is 1.79. The Labute approximate surface area is 198 Å². The second-order valence-corrected chi connectivity index (χ2v) is 10.4. The molecular formula is C23H28N4O6S. The Morgan fingerprint density at radius 1 is 1.12 bits per heavy atom. The number of carbonyl (C=O) groups is 2. The lowest BCUT2D eigenvalue weighted by atomic mass is 10.1. The van der Waals surface area contributed by atoms with Gasteiger partial charge in [0.05, 0.1) is 36.6 Å². The van der Waals surface area contributed by atoms with Crippen molar-refractivity contribution in [2.45, 2.75) is 13.0 Å². The van der Waals surface area contributed by atoms with Crippen LogP contribution in [0.4, 0.5) is 5.82 Å². The SMILES string of the molecule is CCOc1cc(C(CS(C)(=O)=O)N2C(=O)c3ccnc(N4CCNCC4)c3C2=O)ccc1OC. The number of hydrogen-bond donors (Lipinski definition) is 1. The van der Waals surface area contributed by atoms with Crippen molar-refractivity contribution in [3.63, 3.8) is 0 Å². The van der Waals surface area contributed by atoms with E-state index in [9.17, 15) is 18.0 Å². The molecule has 2 aliphatic heterocycles. The molecule has 1 N–H and O–H groups in total. The number of hydrogen-bond acceptors (Lipinski definition) is 9. The number of pyridine rings is 1. The summed E-state index contributed by atoms with van der Waals surface area (Å²) >= 11 is 0. The lowest BCUT2D eigenvalue weighted by Gasteiger charge is -2.30. The van der Waals surface area contributed by atoms with Crippen LogP contribution in [0.2, 0.25) is 0 Å². The van der Waals surface area contributed by atoms with Gasteiger partial charge in [0.25, 0.3) is 11.8 Å². The lowest BCUT2D eigenvalue weighted by Crippen LogP contribution is -2.44. The van der Waals surface area contributed by atoms with E-state index in [4.69, 9.17) is 9.47 Å². The van der Waals surface area contributed by atoms with Crippen LogP contribution in [-0.2, 0) is 9.84 Å². The van der Waals surface area contributed by atoms with E-state index < -0.39 is 33.4 Å². The fraction of sp³-hybridized carbons (Fsp3) is 0.435. The topological polar surface area (TPSA) is 118 Å². The zero-order chi connectivity index (χ0) is 24.5. The minimum atomic E-state index is -3.57. The summed E-state index contributed by atoms with van der Waals surface area (Å²) in [6, 6.07) is 5.39. The number of amides is 2. The van der Waals surface area contributed by atoms with Crippen LogP contribution in [0.3, 0.4) is 0 Å². The van der Waals surface area contributed by atoms with Crippen molar-refractivity contribution in [3.8, 4) is 11.5 Å². The van der Waals surface area contributed by atoms with Crippen LogP contribution < -0.4 is 19.7 Å². The molecule has 10 nitrogen and oxygen atoms in total. The van der Waals surface area contributed by atoms with Gasteiger partial charge in [-0.2, -0.15) is 0 Å². The molecule has 2 amide bonds. The van der Waals surface area contributed by atoms with E-state index in [0.29, 0.717) is 42.6 Å². The summed E-state index contributed by atoms with van der Waals surface area (Å²) in [6.07, 6.45) is 2.59. The summed E-state index contributed by atoms with van der Waals surface area (Å²) in [7, 11) is -2.07. The van der Waals surface area contributed by atoms with Gasteiger partial charge in [-0.05, 0) is 30.7 Å². The van der Waals surface area contributed by atoms with Crippen LogP contribution in [0, 0.1) is 0 Å². The maximum Gasteiger partial charge on any atom is 0.265 e. The predicted octanol–water partition coefficient (Wildman–Crippen LogP) is 1.28. The van der Waals surface area contributed by atoms with Gasteiger partial charge in [0.15, 0.2) is 11.5 Å². The minimum Gasteiger partial charge on any atom is -0.493 e. The standard InChI is InChI=1S/C23H28N4O6S/c1-4-33-19-13-15(5-6-18(19)32-2)17(14-34(3,30)31)27-22(28)16-7-8-25-21(20(16)23(27)29)26-11-9-24-10-12-26/h5-8,13,17,24H,4,9-12,14H2,1-3H3. The van der Waals surface area contributed by atoms with Crippen molar-refractivity contribution in [2.75, 3.05) is 56.8 Å². The third-order valence-electron chi connectivity index (χ3n) is 5.87. The highest BCUT2D eigenvalue weighted by Gasteiger charge is 2.44. The monoisotopic (exact) mass is 488 g/mol. The highest BCUT2D eigenvalue weighted by atomic mass is 32.2. The molecule has 182 valence electrons. The molecule has 1 aromatic heterocycles. The molecule has 3 heterocycles. The number of ether oxygens (including phenoxy) is 2. The van der Waals surface area contributed by atoms with Crippen LogP contribution in [-0.4, -0.2) is 82.0 Å². The molecule has 0 aliphatic carbocycles. The molecule has 1 unspecified atom stereocenters. The van der Waals surface area contributed by atoms with Gasteiger partial charge in [0, 0.05) is 38.6 Å². The normalized spacial score (nSPS) is 17.0. The van der Waals surface area contributed by atoms with Crippen LogP contribution in [0.15, 0.2) is 30.5 Å². The Morgan fingerprint density at radius 2 is 1.85 bits per heavy atom. The number of nitrogens with zero attached hydrogens (tertiary/aromatic N) is 3. The molecule has 1 saturated heterocycles. The zero-order valence-electron chi connectivity index (χ0n) is 19.4. The van der Waals surface area contributed by atoms with Crippen LogP contribution in [0.5, 0.6) is 11.5 Å². The van der Waals surface area contributed by atoms with Crippen molar-refractivity contribution >= 4 is 27.5 Å². The van der Waals surface area contributed by atoms with Crippen LogP contribution in [0.1, 0.15) is 39.2 Å². The molecule has 0 bridgehead atoms. The number of piperazine rings is 1. The second kappa shape index (κ2) is 9.59. The van der Waals surface area contributed by atoms with E-state index in [0.717, 1.165) is 24.2 Å². The molecule has 1 atom stereocenters. The Morgan fingerprint density at radius 3 is 2.50 bits per heavy atom. The van der Waals surface area contributed by atoms with E-state index in [-0.39, 0.29) is 11.1 Å². The van der Waals surface area contributed by atoms with Crippen LogP contribution >= 0.6 is 0 Å². The van der Waals surface area contributed by atoms with E-state index >= 15 is 0 Å². The summed E-state index contributed by atoms with van der Waals surface area (Å²) in [6.45, 7) is 4.94. The first-order valence-corrected chi connectivity index (χ1v) is 13.1. The van der Waals surface area contributed by atoms with Crippen molar-refractivity contribution in [2.24, 2.45) is 0 Å². The number of carbonyl (C=O) groups excluding carboxylic acids is 2. The number of fused-ring (bicyclic) bond motifs is 1. The average molecular weight is 489 g/mol. The van der Waals surface area contributed by atoms with Gasteiger partial charge in [-0.25, -0.2) is 13.4 Å². The molecule has 1 fully saturated rings. The first-order chi connectivity index (χ1) is 16.2.